The lowest BCUT2D eigenvalue weighted by Gasteiger charge is -2.27. The van der Waals surface area contributed by atoms with Crippen LogP contribution in [-0.4, -0.2) is 28.5 Å². The Balaban J connectivity index is 1.88. The molecule has 1 amide bonds. The van der Waals surface area contributed by atoms with Crippen molar-refractivity contribution in [2.75, 3.05) is 6.54 Å². The predicted molar refractivity (Wildman–Crippen MR) is 92.3 cm³/mol. The summed E-state index contributed by atoms with van der Waals surface area (Å²) in [7, 11) is 0. The number of benzene rings is 2. The second-order valence-corrected chi connectivity index (χ2v) is 6.25. The van der Waals surface area contributed by atoms with Crippen molar-refractivity contribution >= 4 is 5.91 Å². The molecule has 3 heteroatoms. The van der Waals surface area contributed by atoms with Crippen LogP contribution in [0.25, 0.3) is 11.1 Å². The third-order valence-corrected chi connectivity index (χ3v) is 4.25. The number of phenols is 1. The summed E-state index contributed by atoms with van der Waals surface area (Å²) in [6.45, 7) is 4.94. The predicted octanol–water partition coefficient (Wildman–Crippen LogP) is 4.10. The molecule has 2 aromatic carbocycles. The van der Waals surface area contributed by atoms with E-state index in [4.69, 9.17) is 0 Å². The van der Waals surface area contributed by atoms with Crippen LogP contribution in [0.3, 0.4) is 0 Å². The SMILES string of the molecule is CC(C)[C@@H]1C=CCN1C(=O)c1cccc(-c2ccc(O)cc2)c1. The second kappa shape index (κ2) is 6.29. The Labute approximate surface area is 136 Å². The molecule has 0 bridgehead atoms. The first-order chi connectivity index (χ1) is 11.1. The van der Waals surface area contributed by atoms with Gasteiger partial charge in [0.2, 0.25) is 0 Å². The fraction of sp³-hybridized carbons (Fsp3) is 0.250. The Morgan fingerprint density at radius 2 is 1.87 bits per heavy atom. The Hall–Kier alpha value is -2.55. The normalized spacial score (nSPS) is 17.0. The molecule has 0 fully saturated rings. The number of aromatic hydroxyl groups is 1. The van der Waals surface area contributed by atoms with Crippen LogP contribution in [0.1, 0.15) is 24.2 Å². The van der Waals surface area contributed by atoms with Gasteiger partial charge < -0.3 is 10.0 Å². The Bertz CT molecular complexity index is 732. The molecule has 0 saturated carbocycles. The van der Waals surface area contributed by atoms with Gasteiger partial charge >= 0.3 is 0 Å². The highest BCUT2D eigenvalue weighted by Gasteiger charge is 2.27. The third-order valence-electron chi connectivity index (χ3n) is 4.25. The van der Waals surface area contributed by atoms with Gasteiger partial charge in [-0.05, 0) is 41.3 Å². The first-order valence-corrected chi connectivity index (χ1v) is 7.93. The molecule has 0 saturated heterocycles. The van der Waals surface area contributed by atoms with Crippen molar-refractivity contribution in [2.45, 2.75) is 19.9 Å². The largest absolute Gasteiger partial charge is 0.508 e. The minimum absolute atomic E-state index is 0.0642. The monoisotopic (exact) mass is 307 g/mol. The lowest BCUT2D eigenvalue weighted by Crippen LogP contribution is -2.39. The number of hydrogen-bond donors (Lipinski definition) is 1. The van der Waals surface area contributed by atoms with Crippen LogP contribution in [0.4, 0.5) is 0 Å². The van der Waals surface area contributed by atoms with E-state index >= 15 is 0 Å². The number of carbonyl (C=O) groups excluding carboxylic acids is 1. The number of carbonyl (C=O) groups is 1. The molecule has 3 rings (SSSR count). The zero-order valence-electron chi connectivity index (χ0n) is 13.4. The summed E-state index contributed by atoms with van der Waals surface area (Å²) in [5.74, 6) is 0.705. The van der Waals surface area contributed by atoms with E-state index in [0.717, 1.165) is 11.1 Å². The zero-order valence-corrected chi connectivity index (χ0v) is 13.4. The van der Waals surface area contributed by atoms with Gasteiger partial charge in [0.1, 0.15) is 5.75 Å². The van der Waals surface area contributed by atoms with Gasteiger partial charge in [-0.15, -0.1) is 0 Å². The van der Waals surface area contributed by atoms with Crippen LogP contribution in [0, 0.1) is 5.92 Å². The van der Waals surface area contributed by atoms with Gasteiger partial charge in [-0.25, -0.2) is 0 Å². The van der Waals surface area contributed by atoms with Gasteiger partial charge in [0.25, 0.3) is 5.91 Å². The molecule has 1 N–H and O–H groups in total. The summed E-state index contributed by atoms with van der Waals surface area (Å²) in [4.78, 5) is 14.8. The van der Waals surface area contributed by atoms with Crippen molar-refractivity contribution < 1.29 is 9.90 Å². The summed E-state index contributed by atoms with van der Waals surface area (Å²) in [6.07, 6.45) is 4.18. The fourth-order valence-electron chi connectivity index (χ4n) is 2.99. The maximum atomic E-state index is 12.8. The molecule has 1 aliphatic heterocycles. The molecule has 2 aromatic rings. The van der Waals surface area contributed by atoms with Gasteiger partial charge in [0, 0.05) is 12.1 Å². The summed E-state index contributed by atoms with van der Waals surface area (Å²) in [5, 5.41) is 9.40. The molecule has 1 heterocycles. The van der Waals surface area contributed by atoms with Crippen molar-refractivity contribution in [1.29, 1.82) is 0 Å². The van der Waals surface area contributed by atoms with Crippen molar-refractivity contribution in [1.82, 2.24) is 4.90 Å². The number of amides is 1. The van der Waals surface area contributed by atoms with Crippen LogP contribution in [0.15, 0.2) is 60.7 Å². The highest BCUT2D eigenvalue weighted by molar-refractivity contribution is 5.96. The summed E-state index contributed by atoms with van der Waals surface area (Å²) < 4.78 is 0. The number of phenolic OH excluding ortho intramolecular Hbond substituents is 1. The molecule has 0 aromatic heterocycles. The Kier molecular flexibility index (Phi) is 4.20. The minimum atomic E-state index is 0.0642. The smallest absolute Gasteiger partial charge is 0.254 e. The maximum Gasteiger partial charge on any atom is 0.254 e. The van der Waals surface area contributed by atoms with Crippen LogP contribution in [-0.2, 0) is 0 Å². The van der Waals surface area contributed by atoms with Crippen molar-refractivity contribution in [3.8, 4) is 16.9 Å². The number of nitrogens with zero attached hydrogens (tertiary/aromatic N) is 1. The van der Waals surface area contributed by atoms with Gasteiger partial charge in [-0.3, -0.25) is 4.79 Å². The van der Waals surface area contributed by atoms with E-state index in [-0.39, 0.29) is 17.7 Å². The van der Waals surface area contributed by atoms with Gasteiger partial charge in [-0.2, -0.15) is 0 Å². The van der Waals surface area contributed by atoms with Gasteiger partial charge in [0.15, 0.2) is 0 Å². The average molecular weight is 307 g/mol. The Morgan fingerprint density at radius 1 is 1.13 bits per heavy atom. The van der Waals surface area contributed by atoms with Crippen LogP contribution in [0.5, 0.6) is 5.75 Å². The van der Waals surface area contributed by atoms with E-state index in [9.17, 15) is 9.90 Å². The minimum Gasteiger partial charge on any atom is -0.508 e. The van der Waals surface area contributed by atoms with E-state index in [1.54, 1.807) is 12.1 Å². The maximum absolute atomic E-state index is 12.8. The highest BCUT2D eigenvalue weighted by Crippen LogP contribution is 2.25. The molecule has 0 radical (unpaired) electrons. The van der Waals surface area contributed by atoms with Crippen LogP contribution < -0.4 is 0 Å². The van der Waals surface area contributed by atoms with Crippen LogP contribution in [0.2, 0.25) is 0 Å². The van der Waals surface area contributed by atoms with Crippen LogP contribution >= 0.6 is 0 Å². The molecule has 118 valence electrons. The third kappa shape index (κ3) is 3.14. The summed E-state index contributed by atoms with van der Waals surface area (Å²) in [5.41, 5.74) is 2.66. The van der Waals surface area contributed by atoms with E-state index in [2.05, 4.69) is 26.0 Å². The quantitative estimate of drug-likeness (QED) is 0.867. The van der Waals surface area contributed by atoms with E-state index in [1.807, 2.05) is 41.3 Å². The van der Waals surface area contributed by atoms with Crippen molar-refractivity contribution in [3.05, 3.63) is 66.2 Å². The average Bonchev–Trinajstić information content (AvgIpc) is 3.05. The number of rotatable bonds is 3. The highest BCUT2D eigenvalue weighted by atomic mass is 16.3. The standard InChI is InChI=1S/C20H21NO2/c1-14(2)19-7-4-12-21(19)20(23)17-6-3-5-16(13-17)15-8-10-18(22)11-9-15/h3-11,13-14,19,22H,12H2,1-2H3/t19-/m0/s1. The number of hydrogen-bond acceptors (Lipinski definition) is 2. The molecule has 0 spiro atoms. The van der Waals surface area contributed by atoms with Crippen molar-refractivity contribution in [2.24, 2.45) is 5.92 Å². The fourth-order valence-corrected chi connectivity index (χ4v) is 2.99. The topological polar surface area (TPSA) is 40.5 Å². The van der Waals surface area contributed by atoms with E-state index in [1.165, 1.54) is 0 Å². The van der Waals surface area contributed by atoms with E-state index in [0.29, 0.717) is 18.0 Å². The molecular weight excluding hydrogens is 286 g/mol. The molecule has 3 nitrogen and oxygen atoms in total. The van der Waals surface area contributed by atoms with Gasteiger partial charge in [0.05, 0.1) is 6.04 Å². The first kappa shape index (κ1) is 15.3. The lowest BCUT2D eigenvalue weighted by molar-refractivity contribution is 0.0720. The summed E-state index contributed by atoms with van der Waals surface area (Å²) in [6, 6.07) is 14.9. The molecule has 23 heavy (non-hydrogen) atoms. The molecule has 1 aliphatic rings. The lowest BCUT2D eigenvalue weighted by atomic mass is 10.0. The molecule has 0 aliphatic carbocycles. The van der Waals surface area contributed by atoms with Gasteiger partial charge in [-0.1, -0.05) is 50.3 Å². The summed E-state index contributed by atoms with van der Waals surface area (Å²) >= 11 is 0. The Morgan fingerprint density at radius 3 is 2.57 bits per heavy atom. The molecule has 1 atom stereocenters. The first-order valence-electron chi connectivity index (χ1n) is 7.93. The zero-order chi connectivity index (χ0) is 16.4. The molecular formula is C20H21NO2. The van der Waals surface area contributed by atoms with Crippen molar-refractivity contribution in [3.63, 3.8) is 0 Å². The van der Waals surface area contributed by atoms with E-state index < -0.39 is 0 Å². The second-order valence-electron chi connectivity index (χ2n) is 6.25. The molecule has 0 unspecified atom stereocenters.